The number of benzene rings is 2. The van der Waals surface area contributed by atoms with Crippen molar-refractivity contribution >= 4 is 62.9 Å². The molecule has 0 radical (unpaired) electrons. The number of phenolic OH excluding ortho intramolecular Hbond substituents is 1. The Hall–Kier alpha value is -1.47. The fourth-order valence-electron chi connectivity index (χ4n) is 1.62. The number of hydrogen-bond acceptors (Lipinski definition) is 4. The number of carbonyl (C=O) groups excluding carboxylic acids is 1. The minimum absolute atomic E-state index is 0.139. The van der Waals surface area contributed by atoms with Crippen LogP contribution in [-0.2, 0) is 4.79 Å². The highest BCUT2D eigenvalue weighted by atomic mass is 79.9. The van der Waals surface area contributed by atoms with E-state index in [2.05, 4.69) is 26.5 Å². The predicted molar refractivity (Wildman–Crippen MR) is 98.5 cm³/mol. The van der Waals surface area contributed by atoms with Gasteiger partial charge >= 0.3 is 0 Å². The van der Waals surface area contributed by atoms with Crippen LogP contribution >= 0.6 is 50.7 Å². The van der Waals surface area contributed by atoms with Gasteiger partial charge in [-0.3, -0.25) is 4.79 Å². The lowest BCUT2D eigenvalue weighted by Crippen LogP contribution is -2.24. The van der Waals surface area contributed by atoms with Crippen molar-refractivity contribution in [3.63, 3.8) is 0 Å². The number of phenols is 1. The first-order valence-electron chi connectivity index (χ1n) is 6.44. The normalized spacial score (nSPS) is 10.8. The van der Waals surface area contributed by atoms with Crippen LogP contribution in [0.15, 0.2) is 39.9 Å². The molecule has 2 aromatic rings. The summed E-state index contributed by atoms with van der Waals surface area (Å²) in [5.74, 6) is -0.359. The topological polar surface area (TPSA) is 70.9 Å². The maximum absolute atomic E-state index is 11.7. The van der Waals surface area contributed by atoms with Gasteiger partial charge in [0.25, 0.3) is 5.91 Å². The van der Waals surface area contributed by atoms with Gasteiger partial charge in [0.2, 0.25) is 0 Å². The van der Waals surface area contributed by atoms with E-state index in [1.54, 1.807) is 18.2 Å². The zero-order valence-corrected chi connectivity index (χ0v) is 15.7. The van der Waals surface area contributed by atoms with Gasteiger partial charge in [0.1, 0.15) is 11.5 Å². The molecular weight excluding hydrogens is 442 g/mol. The van der Waals surface area contributed by atoms with E-state index in [1.807, 2.05) is 0 Å². The van der Waals surface area contributed by atoms with Gasteiger partial charge < -0.3 is 9.84 Å². The summed E-state index contributed by atoms with van der Waals surface area (Å²) in [6.07, 6.45) is 1.26. The number of halogens is 4. The van der Waals surface area contributed by atoms with Crippen LogP contribution in [0.4, 0.5) is 0 Å². The first kappa shape index (κ1) is 18.9. The standard InChI is InChI=1S/C15H10BrCl3N2O3/c16-9-3-8(15(23)12(19)4-9)6-20-21-14(22)7-24-13-5-10(17)1-2-11(13)18/h1-6,23H,7H2,(H,21,22). The number of hydrazone groups is 1. The van der Waals surface area contributed by atoms with Crippen molar-refractivity contribution in [3.05, 3.63) is 55.4 Å². The van der Waals surface area contributed by atoms with E-state index in [1.165, 1.54) is 18.3 Å². The van der Waals surface area contributed by atoms with Gasteiger partial charge in [-0.25, -0.2) is 5.43 Å². The molecule has 2 rings (SSSR count). The van der Waals surface area contributed by atoms with Crippen LogP contribution in [0.25, 0.3) is 0 Å². The number of amides is 1. The summed E-state index contributed by atoms with van der Waals surface area (Å²) in [6.45, 7) is -0.303. The summed E-state index contributed by atoms with van der Waals surface area (Å²) < 4.78 is 5.93. The van der Waals surface area contributed by atoms with Crippen LogP contribution < -0.4 is 10.2 Å². The summed E-state index contributed by atoms with van der Waals surface area (Å²) in [6, 6.07) is 7.81. The van der Waals surface area contributed by atoms with Crippen molar-refractivity contribution in [3.8, 4) is 11.5 Å². The number of ether oxygens (including phenoxy) is 1. The molecule has 0 spiro atoms. The maximum Gasteiger partial charge on any atom is 0.277 e. The van der Waals surface area contributed by atoms with Gasteiger partial charge in [-0.2, -0.15) is 5.10 Å². The third kappa shape index (κ3) is 5.27. The Morgan fingerprint density at radius 2 is 2.00 bits per heavy atom. The molecule has 0 aliphatic heterocycles. The van der Waals surface area contributed by atoms with E-state index < -0.39 is 5.91 Å². The Balaban J connectivity index is 1.93. The number of nitrogens with zero attached hydrogens (tertiary/aromatic N) is 1. The van der Waals surface area contributed by atoms with E-state index in [9.17, 15) is 9.90 Å². The van der Waals surface area contributed by atoms with E-state index in [0.717, 1.165) is 0 Å². The molecule has 2 aromatic carbocycles. The Kier molecular flexibility index (Phi) is 6.74. The zero-order chi connectivity index (χ0) is 17.7. The second kappa shape index (κ2) is 8.58. The highest BCUT2D eigenvalue weighted by molar-refractivity contribution is 9.10. The number of hydrogen-bond donors (Lipinski definition) is 2. The smallest absolute Gasteiger partial charge is 0.277 e. The van der Waals surface area contributed by atoms with Crippen LogP contribution in [0.3, 0.4) is 0 Å². The van der Waals surface area contributed by atoms with Crippen LogP contribution in [0.1, 0.15) is 5.56 Å². The molecule has 9 heteroatoms. The summed E-state index contributed by atoms with van der Waals surface area (Å²) in [5.41, 5.74) is 2.60. The Bertz CT molecular complexity index is 800. The summed E-state index contributed by atoms with van der Waals surface area (Å²) in [7, 11) is 0. The lowest BCUT2D eigenvalue weighted by molar-refractivity contribution is -0.123. The highest BCUT2D eigenvalue weighted by Crippen LogP contribution is 2.30. The Labute approximate surface area is 161 Å². The molecule has 0 heterocycles. The van der Waals surface area contributed by atoms with Crippen LogP contribution in [0.2, 0.25) is 15.1 Å². The van der Waals surface area contributed by atoms with Gasteiger partial charge in [0.15, 0.2) is 6.61 Å². The van der Waals surface area contributed by atoms with E-state index in [0.29, 0.717) is 25.8 Å². The maximum atomic E-state index is 11.7. The van der Waals surface area contributed by atoms with Crippen molar-refractivity contribution in [2.75, 3.05) is 6.61 Å². The lowest BCUT2D eigenvalue weighted by Gasteiger charge is -2.07. The fraction of sp³-hybridized carbons (Fsp3) is 0.0667. The first-order valence-corrected chi connectivity index (χ1v) is 8.37. The van der Waals surface area contributed by atoms with Crippen molar-refractivity contribution in [2.45, 2.75) is 0 Å². The average Bonchev–Trinajstić information content (AvgIpc) is 2.52. The average molecular weight is 453 g/mol. The molecule has 126 valence electrons. The summed E-state index contributed by atoms with van der Waals surface area (Å²) in [4.78, 5) is 11.7. The van der Waals surface area contributed by atoms with Crippen molar-refractivity contribution < 1.29 is 14.6 Å². The number of carbonyl (C=O) groups is 1. The van der Waals surface area contributed by atoms with E-state index in [-0.39, 0.29) is 17.4 Å². The first-order chi connectivity index (χ1) is 11.4. The van der Waals surface area contributed by atoms with Crippen molar-refractivity contribution in [1.82, 2.24) is 5.43 Å². The summed E-state index contributed by atoms with van der Waals surface area (Å²) in [5, 5.41) is 14.5. The second-order valence-electron chi connectivity index (χ2n) is 4.48. The third-order valence-electron chi connectivity index (χ3n) is 2.70. The molecule has 2 N–H and O–H groups in total. The SMILES string of the molecule is O=C(COc1cc(Cl)ccc1Cl)NN=Cc1cc(Br)cc(Cl)c1O. The van der Waals surface area contributed by atoms with Crippen LogP contribution in [0, 0.1) is 0 Å². The van der Waals surface area contributed by atoms with Gasteiger partial charge in [-0.05, 0) is 24.3 Å². The zero-order valence-electron chi connectivity index (χ0n) is 11.9. The molecule has 0 saturated carbocycles. The lowest BCUT2D eigenvalue weighted by atomic mass is 10.2. The third-order valence-corrected chi connectivity index (χ3v) is 4.00. The van der Waals surface area contributed by atoms with Gasteiger partial charge in [-0.15, -0.1) is 0 Å². The van der Waals surface area contributed by atoms with E-state index in [4.69, 9.17) is 39.5 Å². The quantitative estimate of drug-likeness (QED) is 0.513. The largest absolute Gasteiger partial charge is 0.506 e. The molecule has 0 aliphatic carbocycles. The molecule has 0 aliphatic rings. The van der Waals surface area contributed by atoms with Crippen LogP contribution in [0.5, 0.6) is 11.5 Å². The molecule has 24 heavy (non-hydrogen) atoms. The minimum atomic E-state index is -0.511. The molecule has 0 bridgehead atoms. The van der Waals surface area contributed by atoms with Crippen molar-refractivity contribution in [2.24, 2.45) is 5.10 Å². The molecule has 0 unspecified atom stereocenters. The molecule has 0 atom stereocenters. The summed E-state index contributed by atoms with van der Waals surface area (Å²) >= 11 is 20.8. The van der Waals surface area contributed by atoms with Gasteiger partial charge in [0, 0.05) is 21.1 Å². The minimum Gasteiger partial charge on any atom is -0.506 e. The molecule has 5 nitrogen and oxygen atoms in total. The fourth-order valence-corrected chi connectivity index (χ4v) is 2.79. The molecular formula is C15H10BrCl3N2O3. The second-order valence-corrected chi connectivity index (χ2v) is 6.65. The molecule has 0 aromatic heterocycles. The molecule has 0 fully saturated rings. The Morgan fingerprint density at radius 1 is 1.25 bits per heavy atom. The molecule has 0 saturated heterocycles. The highest BCUT2D eigenvalue weighted by Gasteiger charge is 2.07. The predicted octanol–water partition coefficient (Wildman–Crippen LogP) is 4.64. The number of rotatable bonds is 5. The monoisotopic (exact) mass is 450 g/mol. The number of nitrogens with one attached hydrogen (secondary N) is 1. The van der Waals surface area contributed by atoms with E-state index >= 15 is 0 Å². The van der Waals surface area contributed by atoms with Gasteiger partial charge in [-0.1, -0.05) is 50.7 Å². The van der Waals surface area contributed by atoms with Crippen LogP contribution in [-0.4, -0.2) is 23.8 Å². The van der Waals surface area contributed by atoms with Crippen molar-refractivity contribution in [1.29, 1.82) is 0 Å². The Morgan fingerprint density at radius 3 is 2.75 bits per heavy atom. The number of aromatic hydroxyl groups is 1. The molecule has 1 amide bonds. The van der Waals surface area contributed by atoms with Gasteiger partial charge in [0.05, 0.1) is 16.3 Å².